The van der Waals surface area contributed by atoms with Crippen molar-refractivity contribution in [1.82, 2.24) is 9.80 Å². The summed E-state index contributed by atoms with van der Waals surface area (Å²) in [4.78, 5) is 27.4. The second-order valence-corrected chi connectivity index (χ2v) is 8.98. The van der Waals surface area contributed by atoms with Gasteiger partial charge in [0.2, 0.25) is 0 Å². The van der Waals surface area contributed by atoms with Crippen LogP contribution in [0, 0.1) is 23.7 Å². The molecule has 9 nitrogen and oxygen atoms in total. The minimum absolute atomic E-state index is 0. The molecule has 0 aromatic heterocycles. The van der Waals surface area contributed by atoms with Crippen LogP contribution in [0.3, 0.4) is 0 Å². The molecule has 0 radical (unpaired) electrons. The number of hydrogen-bond acceptors (Lipinski definition) is 7. The number of carbonyl (C=O) groups is 2. The van der Waals surface area contributed by atoms with Crippen LogP contribution in [-0.2, 0) is 29.2 Å². The van der Waals surface area contributed by atoms with Crippen LogP contribution in [0.1, 0.15) is 27.8 Å². The van der Waals surface area contributed by atoms with Gasteiger partial charge in [-0.1, -0.05) is 47.9 Å². The van der Waals surface area contributed by atoms with E-state index >= 15 is 0 Å². The summed E-state index contributed by atoms with van der Waals surface area (Å²) in [5.74, 6) is 11.5. The van der Waals surface area contributed by atoms with Crippen molar-refractivity contribution in [3.63, 3.8) is 0 Å². The first-order chi connectivity index (χ1) is 19.2. The number of halogens is 2. The zero-order valence-corrected chi connectivity index (χ0v) is 25.0. The normalized spacial score (nSPS) is 9.40. The standard InChI is InChI=1S/C31H32N4O5.2ClH/c1-34(20-23-7-11-28(32)12-8-23)30(37)39-15-3-5-25-17-26(19-27(18-25)22-36)6-4-16-40-31(38)35(2)21-24-9-13-29(33)14-10-24;;/h7-14,17-19,36H,15-16,20-22,32-33H2,1-2H3;2*1H. The zero-order chi connectivity index (χ0) is 28.9. The van der Waals surface area contributed by atoms with E-state index in [1.54, 1.807) is 56.6 Å². The fourth-order valence-corrected chi connectivity index (χ4v) is 3.54. The molecule has 0 saturated carbocycles. The van der Waals surface area contributed by atoms with Crippen molar-refractivity contribution >= 4 is 48.4 Å². The molecule has 3 rings (SSSR count). The van der Waals surface area contributed by atoms with E-state index in [2.05, 4.69) is 23.7 Å². The number of nitrogens with zero attached hydrogens (tertiary/aromatic N) is 2. The lowest BCUT2D eigenvalue weighted by Gasteiger charge is -2.16. The van der Waals surface area contributed by atoms with E-state index in [4.69, 9.17) is 20.9 Å². The summed E-state index contributed by atoms with van der Waals surface area (Å²) in [5.41, 5.74) is 16.4. The van der Waals surface area contributed by atoms with Crippen molar-refractivity contribution in [3.8, 4) is 23.7 Å². The fourth-order valence-electron chi connectivity index (χ4n) is 3.54. The predicted molar refractivity (Wildman–Crippen MR) is 168 cm³/mol. The third kappa shape index (κ3) is 11.9. The van der Waals surface area contributed by atoms with Gasteiger partial charge in [0.15, 0.2) is 13.2 Å². The highest BCUT2D eigenvalue weighted by Crippen LogP contribution is 2.11. The van der Waals surface area contributed by atoms with E-state index in [9.17, 15) is 14.7 Å². The summed E-state index contributed by atoms with van der Waals surface area (Å²) < 4.78 is 10.5. The SMILES string of the molecule is CN(Cc1ccc(N)cc1)C(=O)OCC#Cc1cc(C#CCOC(=O)N(C)Cc2ccc(N)cc2)cc(CO)c1.Cl.Cl. The van der Waals surface area contributed by atoms with E-state index in [-0.39, 0.29) is 44.6 Å². The molecule has 0 aliphatic heterocycles. The molecule has 0 saturated heterocycles. The van der Waals surface area contributed by atoms with E-state index in [1.165, 1.54) is 9.80 Å². The average Bonchev–Trinajstić information content (AvgIpc) is 2.95. The molecule has 0 heterocycles. The number of amides is 2. The second kappa shape index (κ2) is 18.0. The van der Waals surface area contributed by atoms with Crippen LogP contribution >= 0.6 is 24.8 Å². The average molecular weight is 614 g/mol. The molecule has 0 atom stereocenters. The Kier molecular flexibility index (Phi) is 15.2. The van der Waals surface area contributed by atoms with Gasteiger partial charge in [0.25, 0.3) is 0 Å². The van der Waals surface area contributed by atoms with E-state index in [0.717, 1.165) is 11.1 Å². The van der Waals surface area contributed by atoms with Crippen LogP contribution in [-0.4, -0.2) is 54.4 Å². The molecule has 0 aliphatic carbocycles. The quantitative estimate of drug-likeness (QED) is 0.266. The predicted octanol–water partition coefficient (Wildman–Crippen LogP) is 4.43. The molecule has 3 aromatic rings. The molecular formula is C31H34Cl2N4O5. The summed E-state index contributed by atoms with van der Waals surface area (Å²) >= 11 is 0. The number of nitrogen functional groups attached to an aromatic ring is 2. The maximum absolute atomic E-state index is 12.2. The lowest BCUT2D eigenvalue weighted by molar-refractivity contribution is 0.120. The monoisotopic (exact) mass is 612 g/mol. The van der Waals surface area contributed by atoms with E-state index < -0.39 is 12.2 Å². The maximum atomic E-state index is 12.2. The molecule has 0 aliphatic rings. The molecule has 3 aromatic carbocycles. The van der Waals surface area contributed by atoms with Crippen LogP contribution in [0.2, 0.25) is 0 Å². The third-order valence-corrected chi connectivity index (χ3v) is 5.60. The molecule has 5 N–H and O–H groups in total. The Morgan fingerprint density at radius 3 is 1.43 bits per heavy atom. The van der Waals surface area contributed by atoms with Crippen molar-refractivity contribution in [3.05, 3.63) is 94.5 Å². The van der Waals surface area contributed by atoms with Gasteiger partial charge in [-0.05, 0) is 59.2 Å². The smallest absolute Gasteiger partial charge is 0.410 e. The first-order valence-corrected chi connectivity index (χ1v) is 12.4. The Labute approximate surface area is 258 Å². The number of hydrogen-bond donors (Lipinski definition) is 3. The van der Waals surface area contributed by atoms with Crippen molar-refractivity contribution < 1.29 is 24.2 Å². The molecule has 11 heteroatoms. The minimum Gasteiger partial charge on any atom is -0.436 e. The molecule has 0 bridgehead atoms. The Balaban J connectivity index is 0.00000441. The first kappa shape index (κ1) is 35.5. The van der Waals surface area contributed by atoms with Gasteiger partial charge in [-0.2, -0.15) is 0 Å². The molecule has 42 heavy (non-hydrogen) atoms. The zero-order valence-electron chi connectivity index (χ0n) is 23.3. The minimum atomic E-state index is -0.504. The molecule has 222 valence electrons. The second-order valence-electron chi connectivity index (χ2n) is 8.98. The van der Waals surface area contributed by atoms with Crippen molar-refractivity contribution in [2.24, 2.45) is 0 Å². The number of aliphatic hydroxyl groups excluding tert-OH is 1. The van der Waals surface area contributed by atoms with Crippen molar-refractivity contribution in [1.29, 1.82) is 0 Å². The number of aliphatic hydroxyl groups is 1. The van der Waals surface area contributed by atoms with Gasteiger partial charge < -0.3 is 35.8 Å². The molecular weight excluding hydrogens is 579 g/mol. The highest BCUT2D eigenvalue weighted by Gasteiger charge is 2.11. The number of benzene rings is 3. The molecule has 2 amide bonds. The number of ether oxygens (including phenoxy) is 2. The highest BCUT2D eigenvalue weighted by molar-refractivity contribution is 5.85. The summed E-state index contributed by atoms with van der Waals surface area (Å²) in [6, 6.07) is 19.7. The fraction of sp³-hybridized carbons (Fsp3) is 0.226. The lowest BCUT2D eigenvalue weighted by atomic mass is 10.1. The summed E-state index contributed by atoms with van der Waals surface area (Å²) in [6.45, 7) is 0.354. The summed E-state index contributed by atoms with van der Waals surface area (Å²) in [7, 11) is 3.27. The van der Waals surface area contributed by atoms with Gasteiger partial charge in [0, 0.05) is 49.7 Å². The summed E-state index contributed by atoms with van der Waals surface area (Å²) in [5, 5.41) is 9.61. The molecule has 0 spiro atoms. The van der Waals surface area contributed by atoms with Crippen LogP contribution in [0.25, 0.3) is 0 Å². The molecule has 0 fully saturated rings. The van der Waals surface area contributed by atoms with Gasteiger partial charge in [-0.3, -0.25) is 0 Å². The highest BCUT2D eigenvalue weighted by atomic mass is 35.5. The van der Waals surface area contributed by atoms with Gasteiger partial charge in [-0.15, -0.1) is 24.8 Å². The van der Waals surface area contributed by atoms with Gasteiger partial charge in [0.1, 0.15) is 0 Å². The van der Waals surface area contributed by atoms with Crippen LogP contribution in [0.15, 0.2) is 66.7 Å². The van der Waals surface area contributed by atoms with E-state index in [1.807, 2.05) is 24.3 Å². The summed E-state index contributed by atoms with van der Waals surface area (Å²) in [6.07, 6.45) is -1.01. The van der Waals surface area contributed by atoms with E-state index in [0.29, 0.717) is 41.2 Å². The van der Waals surface area contributed by atoms with Crippen molar-refractivity contribution in [2.75, 3.05) is 38.8 Å². The number of anilines is 2. The Morgan fingerprint density at radius 1 is 0.690 bits per heavy atom. The lowest BCUT2D eigenvalue weighted by Crippen LogP contribution is -2.27. The Hall–Kier alpha value is -4.54. The van der Waals surface area contributed by atoms with Gasteiger partial charge >= 0.3 is 12.2 Å². The third-order valence-electron chi connectivity index (χ3n) is 5.60. The number of nitrogens with two attached hydrogens (primary N) is 2. The van der Waals surface area contributed by atoms with Gasteiger partial charge in [-0.25, -0.2) is 9.59 Å². The Morgan fingerprint density at radius 2 is 1.07 bits per heavy atom. The molecule has 0 unspecified atom stereocenters. The van der Waals surface area contributed by atoms with Gasteiger partial charge in [0.05, 0.1) is 6.61 Å². The number of rotatable bonds is 7. The van der Waals surface area contributed by atoms with Crippen LogP contribution in [0.5, 0.6) is 0 Å². The first-order valence-electron chi connectivity index (χ1n) is 12.4. The Bertz CT molecular complexity index is 1340. The number of carbonyl (C=O) groups excluding carboxylic acids is 2. The maximum Gasteiger partial charge on any atom is 0.410 e. The van der Waals surface area contributed by atoms with Crippen LogP contribution in [0.4, 0.5) is 21.0 Å². The van der Waals surface area contributed by atoms with Crippen molar-refractivity contribution in [2.45, 2.75) is 19.7 Å². The largest absolute Gasteiger partial charge is 0.436 e. The van der Waals surface area contributed by atoms with Crippen LogP contribution < -0.4 is 11.5 Å². The topological polar surface area (TPSA) is 131 Å².